The van der Waals surface area contributed by atoms with Crippen molar-refractivity contribution in [2.24, 2.45) is 0 Å². The summed E-state index contributed by atoms with van der Waals surface area (Å²) in [7, 11) is 3.20. The molecule has 0 saturated carbocycles. The van der Waals surface area contributed by atoms with Crippen LogP contribution in [0.3, 0.4) is 0 Å². The zero-order valence-electron chi connectivity index (χ0n) is 24.2. The van der Waals surface area contributed by atoms with Gasteiger partial charge in [-0.2, -0.15) is 0 Å². The topological polar surface area (TPSA) is 130 Å². The number of aromatic nitrogens is 1. The zero-order valence-corrected chi connectivity index (χ0v) is 24.2. The molecule has 1 aromatic heterocycles. The number of benzene rings is 1. The van der Waals surface area contributed by atoms with Crippen molar-refractivity contribution in [2.45, 2.75) is 83.2 Å². The maximum Gasteiger partial charge on any atom is 0.271 e. The molecule has 10 heteroatoms. The SMILES string of the molecule is COc1cc2cc(c1OC)CCCNC(=O)C[C@@H]1CC[C@H](CNC(=O)CC2)N1C(=O)c1[nH]c2c(c1C)C(=O)CCC2. The van der Waals surface area contributed by atoms with Crippen molar-refractivity contribution in [3.63, 3.8) is 0 Å². The van der Waals surface area contributed by atoms with Gasteiger partial charge in [0.15, 0.2) is 17.3 Å². The molecule has 1 aromatic carbocycles. The summed E-state index contributed by atoms with van der Waals surface area (Å²) in [6.07, 6.45) is 5.73. The van der Waals surface area contributed by atoms with E-state index in [2.05, 4.69) is 15.6 Å². The van der Waals surface area contributed by atoms with Crippen molar-refractivity contribution >= 4 is 23.5 Å². The Kier molecular flexibility index (Phi) is 8.65. The van der Waals surface area contributed by atoms with Gasteiger partial charge in [0.2, 0.25) is 11.8 Å². The fourth-order valence-electron chi connectivity index (χ4n) is 6.62. The summed E-state index contributed by atoms with van der Waals surface area (Å²) in [5.41, 5.74) is 4.50. The van der Waals surface area contributed by atoms with E-state index in [-0.39, 0.29) is 42.0 Å². The molecule has 5 rings (SSSR count). The van der Waals surface area contributed by atoms with Gasteiger partial charge in [0.25, 0.3) is 5.91 Å². The number of carbonyl (C=O) groups is 4. The summed E-state index contributed by atoms with van der Waals surface area (Å²) in [5.74, 6) is 0.927. The fourth-order valence-corrected chi connectivity index (χ4v) is 6.62. The molecule has 0 spiro atoms. The molecule has 2 atom stereocenters. The molecule has 2 aliphatic heterocycles. The lowest BCUT2D eigenvalue weighted by Crippen LogP contribution is -2.48. The van der Waals surface area contributed by atoms with E-state index in [1.165, 1.54) is 0 Å². The average molecular weight is 565 g/mol. The Morgan fingerprint density at radius 3 is 2.46 bits per heavy atom. The first kappa shape index (κ1) is 28.7. The number of ether oxygens (including phenoxy) is 2. The predicted molar refractivity (Wildman–Crippen MR) is 153 cm³/mol. The molecule has 3 amide bonds. The Hall–Kier alpha value is -3.82. The van der Waals surface area contributed by atoms with E-state index >= 15 is 0 Å². The van der Waals surface area contributed by atoms with Gasteiger partial charge in [-0.3, -0.25) is 19.2 Å². The van der Waals surface area contributed by atoms with Crippen molar-refractivity contribution in [1.82, 2.24) is 20.5 Å². The smallest absolute Gasteiger partial charge is 0.271 e. The quantitative estimate of drug-likeness (QED) is 0.526. The van der Waals surface area contributed by atoms with E-state index in [1.54, 1.807) is 19.1 Å². The van der Waals surface area contributed by atoms with Crippen molar-refractivity contribution in [3.8, 4) is 11.5 Å². The summed E-state index contributed by atoms with van der Waals surface area (Å²) in [5, 5.41) is 6.05. The first-order chi connectivity index (χ1) is 19.8. The van der Waals surface area contributed by atoms with Crippen LogP contribution in [0.25, 0.3) is 0 Å². The second kappa shape index (κ2) is 12.4. The molecule has 1 saturated heterocycles. The monoisotopic (exact) mass is 564 g/mol. The minimum Gasteiger partial charge on any atom is -0.493 e. The van der Waals surface area contributed by atoms with Crippen LogP contribution in [-0.2, 0) is 28.9 Å². The molecule has 0 radical (unpaired) electrons. The minimum absolute atomic E-state index is 0.0676. The van der Waals surface area contributed by atoms with Gasteiger partial charge in [-0.1, -0.05) is 6.07 Å². The summed E-state index contributed by atoms with van der Waals surface area (Å²) in [4.78, 5) is 57.6. The molecule has 220 valence electrons. The van der Waals surface area contributed by atoms with E-state index in [0.29, 0.717) is 86.4 Å². The lowest BCUT2D eigenvalue weighted by Gasteiger charge is -2.30. The van der Waals surface area contributed by atoms with Crippen LogP contribution >= 0.6 is 0 Å². The standard InChI is InChI=1S/C31H40N4O6/c1-18-28-23(7-4-8-24(28)36)34-29(18)31(39)35-21-10-11-22(35)17-33-26(37)12-9-19-14-20(6-5-13-32-27(38)16-21)30(41-3)25(15-19)40-2/h14-15,21-22,34H,4-13,16-17H2,1-3H3,(H,32,38)(H,33,37)/t21-,22+/m0/s1. The number of nitrogens with zero attached hydrogens (tertiary/aromatic N) is 1. The number of nitrogens with one attached hydrogen (secondary N) is 3. The molecular weight excluding hydrogens is 524 g/mol. The summed E-state index contributed by atoms with van der Waals surface area (Å²) in [6, 6.07) is 3.40. The van der Waals surface area contributed by atoms with Gasteiger partial charge >= 0.3 is 0 Å². The summed E-state index contributed by atoms with van der Waals surface area (Å²) < 4.78 is 11.2. The Morgan fingerprint density at radius 2 is 1.71 bits per heavy atom. The Bertz CT molecular complexity index is 1350. The fraction of sp³-hybridized carbons (Fsp3) is 0.548. The van der Waals surface area contributed by atoms with Gasteiger partial charge in [-0.05, 0) is 74.6 Å². The van der Waals surface area contributed by atoms with Crippen LogP contribution in [-0.4, -0.2) is 72.8 Å². The van der Waals surface area contributed by atoms with Crippen molar-refractivity contribution in [3.05, 3.63) is 45.8 Å². The highest BCUT2D eigenvalue weighted by molar-refractivity contribution is 6.04. The van der Waals surface area contributed by atoms with Gasteiger partial charge in [-0.25, -0.2) is 0 Å². The number of methoxy groups -OCH3 is 2. The van der Waals surface area contributed by atoms with E-state index in [1.807, 2.05) is 19.1 Å². The summed E-state index contributed by atoms with van der Waals surface area (Å²) >= 11 is 0. The number of fused-ring (bicyclic) bond motifs is 5. The first-order valence-corrected chi connectivity index (χ1v) is 14.6. The lowest BCUT2D eigenvalue weighted by atomic mass is 9.93. The molecule has 3 heterocycles. The third-order valence-corrected chi connectivity index (χ3v) is 8.66. The Morgan fingerprint density at radius 1 is 0.902 bits per heavy atom. The predicted octanol–water partition coefficient (Wildman–Crippen LogP) is 3.03. The maximum absolute atomic E-state index is 14.0. The summed E-state index contributed by atoms with van der Waals surface area (Å²) in [6.45, 7) is 2.61. The van der Waals surface area contributed by atoms with Crippen molar-refractivity contribution in [2.75, 3.05) is 27.3 Å². The highest BCUT2D eigenvalue weighted by Gasteiger charge is 2.40. The minimum atomic E-state index is -0.296. The molecule has 3 N–H and O–H groups in total. The van der Waals surface area contributed by atoms with Crippen LogP contribution in [0.2, 0.25) is 0 Å². The van der Waals surface area contributed by atoms with Gasteiger partial charge in [-0.15, -0.1) is 0 Å². The molecule has 3 aliphatic rings. The van der Waals surface area contributed by atoms with Crippen LogP contribution < -0.4 is 20.1 Å². The molecule has 10 nitrogen and oxygen atoms in total. The molecule has 2 aromatic rings. The van der Waals surface area contributed by atoms with Crippen LogP contribution in [0.15, 0.2) is 12.1 Å². The van der Waals surface area contributed by atoms with E-state index < -0.39 is 0 Å². The van der Waals surface area contributed by atoms with Gasteiger partial charge < -0.3 is 30.0 Å². The van der Waals surface area contributed by atoms with Crippen LogP contribution in [0.1, 0.15) is 88.2 Å². The van der Waals surface area contributed by atoms with Gasteiger partial charge in [0, 0.05) is 55.7 Å². The third-order valence-electron chi connectivity index (χ3n) is 8.66. The average Bonchev–Trinajstić information content (AvgIpc) is 3.52. The molecule has 0 unspecified atom stereocenters. The van der Waals surface area contributed by atoms with E-state index in [0.717, 1.165) is 29.7 Å². The second-order valence-corrected chi connectivity index (χ2v) is 11.3. The molecule has 4 bridgehead atoms. The van der Waals surface area contributed by atoms with E-state index in [9.17, 15) is 19.2 Å². The second-order valence-electron chi connectivity index (χ2n) is 11.3. The highest BCUT2D eigenvalue weighted by atomic mass is 16.5. The third kappa shape index (κ3) is 5.96. The number of hydrogen-bond donors (Lipinski definition) is 3. The number of amides is 3. The molecule has 1 aliphatic carbocycles. The van der Waals surface area contributed by atoms with Gasteiger partial charge in [0.05, 0.1) is 14.2 Å². The van der Waals surface area contributed by atoms with Crippen LogP contribution in [0, 0.1) is 6.92 Å². The maximum atomic E-state index is 14.0. The first-order valence-electron chi connectivity index (χ1n) is 14.6. The largest absolute Gasteiger partial charge is 0.493 e. The van der Waals surface area contributed by atoms with Crippen LogP contribution in [0.5, 0.6) is 11.5 Å². The number of aryl methyl sites for hydroxylation is 3. The normalized spacial score (nSPS) is 21.9. The highest BCUT2D eigenvalue weighted by Crippen LogP contribution is 2.35. The van der Waals surface area contributed by atoms with Crippen molar-refractivity contribution in [1.29, 1.82) is 0 Å². The lowest BCUT2D eigenvalue weighted by molar-refractivity contribution is -0.123. The van der Waals surface area contributed by atoms with E-state index in [4.69, 9.17) is 9.47 Å². The van der Waals surface area contributed by atoms with Crippen molar-refractivity contribution < 1.29 is 28.7 Å². The number of Topliss-reactive ketones (excluding diaryl/α,β-unsaturated/α-hetero) is 1. The molecule has 41 heavy (non-hydrogen) atoms. The number of carbonyl (C=O) groups excluding carboxylic acids is 4. The Balaban J connectivity index is 1.38. The van der Waals surface area contributed by atoms with Gasteiger partial charge in [0.1, 0.15) is 5.69 Å². The number of hydrogen-bond acceptors (Lipinski definition) is 6. The molecule has 1 fully saturated rings. The Labute approximate surface area is 240 Å². The number of aromatic amines is 1. The zero-order chi connectivity index (χ0) is 29.1. The number of H-pyrrole nitrogens is 1. The van der Waals surface area contributed by atoms with Crippen LogP contribution in [0.4, 0.5) is 0 Å². The number of ketones is 1. The molecular formula is C31H40N4O6. The number of rotatable bonds is 3.